The highest BCUT2D eigenvalue weighted by molar-refractivity contribution is 6.39. The Morgan fingerprint density at radius 3 is 2.21 bits per heavy atom. The molecule has 33 heavy (non-hydrogen) atoms. The van der Waals surface area contributed by atoms with Gasteiger partial charge in [-0.1, -0.05) is 48.5 Å². The summed E-state index contributed by atoms with van der Waals surface area (Å²) in [5.41, 5.74) is 3.93. The van der Waals surface area contributed by atoms with Crippen molar-refractivity contribution in [2.24, 2.45) is 0 Å². The van der Waals surface area contributed by atoms with Crippen LogP contribution in [-0.2, 0) is 16.0 Å². The standard InChI is InChI=1S/C19H19N3O2.C7H6O2/c1-13-15(16-9-5-6-10-17(16)21-13)11-12-20-18(23)19(24)22-14-7-3-2-4-8-14;1-2-4-7-6(3-1)8-5-9-7/h2-10,21H,11-12H2,1H3,(H,20,23)(H,22,24);1-4H,5H2. The maximum Gasteiger partial charge on any atom is 0.313 e. The summed E-state index contributed by atoms with van der Waals surface area (Å²) in [6.07, 6.45) is 0.667. The zero-order valence-electron chi connectivity index (χ0n) is 18.3. The molecule has 0 fully saturated rings. The van der Waals surface area contributed by atoms with Crippen LogP contribution >= 0.6 is 0 Å². The van der Waals surface area contributed by atoms with Crippen molar-refractivity contribution in [1.82, 2.24) is 10.3 Å². The van der Waals surface area contributed by atoms with Gasteiger partial charge in [0.2, 0.25) is 6.79 Å². The number of anilines is 1. The first-order chi connectivity index (χ1) is 16.1. The van der Waals surface area contributed by atoms with Gasteiger partial charge in [-0.05, 0) is 49.2 Å². The second kappa shape index (κ2) is 10.4. The Morgan fingerprint density at radius 2 is 1.48 bits per heavy atom. The van der Waals surface area contributed by atoms with Crippen LogP contribution in [0.25, 0.3) is 10.9 Å². The van der Waals surface area contributed by atoms with E-state index in [-0.39, 0.29) is 0 Å². The van der Waals surface area contributed by atoms with Crippen LogP contribution in [0, 0.1) is 6.92 Å². The fourth-order valence-electron chi connectivity index (χ4n) is 3.59. The van der Waals surface area contributed by atoms with Gasteiger partial charge in [0, 0.05) is 28.8 Å². The van der Waals surface area contributed by atoms with Crippen LogP contribution in [0.5, 0.6) is 11.5 Å². The lowest BCUT2D eigenvalue weighted by Gasteiger charge is -2.07. The smallest absolute Gasteiger partial charge is 0.313 e. The molecule has 0 spiro atoms. The van der Waals surface area contributed by atoms with E-state index in [4.69, 9.17) is 9.47 Å². The molecule has 168 valence electrons. The summed E-state index contributed by atoms with van der Waals surface area (Å²) in [5, 5.41) is 6.39. The fourth-order valence-corrected chi connectivity index (χ4v) is 3.59. The molecular formula is C26H25N3O4. The first-order valence-electron chi connectivity index (χ1n) is 10.7. The molecule has 2 heterocycles. The number of benzene rings is 3. The molecule has 0 saturated carbocycles. The summed E-state index contributed by atoms with van der Waals surface area (Å²) in [6.45, 7) is 2.78. The number of aromatic nitrogens is 1. The fraction of sp³-hybridized carbons (Fsp3) is 0.154. The summed E-state index contributed by atoms with van der Waals surface area (Å²) in [6, 6.07) is 24.6. The van der Waals surface area contributed by atoms with Gasteiger partial charge in [-0.2, -0.15) is 0 Å². The minimum absolute atomic E-state index is 0.360. The molecule has 5 rings (SSSR count). The molecule has 1 aliphatic heterocycles. The zero-order chi connectivity index (χ0) is 23.0. The molecule has 4 aromatic rings. The van der Waals surface area contributed by atoms with Gasteiger partial charge < -0.3 is 25.1 Å². The highest BCUT2D eigenvalue weighted by Crippen LogP contribution is 2.30. The van der Waals surface area contributed by atoms with E-state index >= 15 is 0 Å². The lowest BCUT2D eigenvalue weighted by molar-refractivity contribution is -0.136. The van der Waals surface area contributed by atoms with Crippen LogP contribution in [0.15, 0.2) is 78.9 Å². The van der Waals surface area contributed by atoms with Crippen molar-refractivity contribution >= 4 is 28.4 Å². The summed E-state index contributed by atoms with van der Waals surface area (Å²) in [5.74, 6) is 0.406. The number of ether oxygens (including phenoxy) is 2. The molecule has 7 heteroatoms. The molecular weight excluding hydrogens is 418 g/mol. The van der Waals surface area contributed by atoms with Gasteiger partial charge in [-0.3, -0.25) is 9.59 Å². The van der Waals surface area contributed by atoms with Crippen LogP contribution in [0.3, 0.4) is 0 Å². The highest BCUT2D eigenvalue weighted by atomic mass is 16.7. The van der Waals surface area contributed by atoms with Gasteiger partial charge in [0.05, 0.1) is 0 Å². The number of carbonyl (C=O) groups is 2. The third kappa shape index (κ3) is 5.51. The van der Waals surface area contributed by atoms with Crippen molar-refractivity contribution < 1.29 is 19.1 Å². The van der Waals surface area contributed by atoms with Gasteiger partial charge in [0.1, 0.15) is 0 Å². The van der Waals surface area contributed by atoms with E-state index in [0.717, 1.165) is 33.7 Å². The van der Waals surface area contributed by atoms with Crippen LogP contribution in [0.2, 0.25) is 0 Å². The molecule has 0 unspecified atom stereocenters. The van der Waals surface area contributed by atoms with Crippen molar-refractivity contribution in [3.05, 3.63) is 90.1 Å². The van der Waals surface area contributed by atoms with Gasteiger partial charge >= 0.3 is 11.8 Å². The molecule has 2 amide bonds. The van der Waals surface area contributed by atoms with Gasteiger partial charge in [-0.15, -0.1) is 0 Å². The monoisotopic (exact) mass is 443 g/mol. The third-order valence-corrected chi connectivity index (χ3v) is 5.20. The number of amides is 2. The van der Waals surface area contributed by atoms with Crippen molar-refractivity contribution in [3.63, 3.8) is 0 Å². The first kappa shape index (κ1) is 22.0. The number of fused-ring (bicyclic) bond motifs is 2. The molecule has 1 aromatic heterocycles. The number of aryl methyl sites for hydroxylation is 1. The summed E-state index contributed by atoms with van der Waals surface area (Å²) < 4.78 is 10.2. The number of carbonyl (C=O) groups excluding carboxylic acids is 2. The van der Waals surface area contributed by atoms with E-state index in [1.807, 2.05) is 55.5 Å². The molecule has 0 bridgehead atoms. The lowest BCUT2D eigenvalue weighted by atomic mass is 10.1. The topological polar surface area (TPSA) is 92.5 Å². The summed E-state index contributed by atoms with van der Waals surface area (Å²) >= 11 is 0. The number of para-hydroxylation sites is 4. The number of hydrogen-bond acceptors (Lipinski definition) is 4. The molecule has 3 aromatic carbocycles. The van der Waals surface area contributed by atoms with E-state index < -0.39 is 11.8 Å². The van der Waals surface area contributed by atoms with Crippen molar-refractivity contribution in [2.45, 2.75) is 13.3 Å². The van der Waals surface area contributed by atoms with Gasteiger partial charge in [0.25, 0.3) is 0 Å². The zero-order valence-corrected chi connectivity index (χ0v) is 18.3. The predicted octanol–water partition coefficient (Wildman–Crippen LogP) is 4.19. The molecule has 0 saturated heterocycles. The molecule has 0 radical (unpaired) electrons. The van der Waals surface area contributed by atoms with Crippen LogP contribution < -0.4 is 20.1 Å². The largest absolute Gasteiger partial charge is 0.454 e. The van der Waals surface area contributed by atoms with E-state index in [9.17, 15) is 9.59 Å². The maximum atomic E-state index is 11.9. The highest BCUT2D eigenvalue weighted by Gasteiger charge is 2.14. The quantitative estimate of drug-likeness (QED) is 0.413. The average Bonchev–Trinajstić information content (AvgIpc) is 3.44. The summed E-state index contributed by atoms with van der Waals surface area (Å²) in [4.78, 5) is 27.1. The van der Waals surface area contributed by atoms with Gasteiger partial charge in [-0.25, -0.2) is 0 Å². The Labute approximate surface area is 191 Å². The molecule has 0 aliphatic carbocycles. The SMILES string of the molecule is Cc1[nH]c2ccccc2c1CCNC(=O)C(=O)Nc1ccccc1.c1ccc2c(c1)OCO2. The molecule has 1 aliphatic rings. The Balaban J connectivity index is 0.000000238. The third-order valence-electron chi connectivity index (χ3n) is 5.20. The minimum atomic E-state index is -0.656. The van der Waals surface area contributed by atoms with Crippen LogP contribution in [0.4, 0.5) is 5.69 Å². The Kier molecular flexibility index (Phi) is 6.90. The number of hydrogen-bond donors (Lipinski definition) is 3. The van der Waals surface area contributed by atoms with E-state index in [1.54, 1.807) is 24.3 Å². The number of H-pyrrole nitrogens is 1. The van der Waals surface area contributed by atoms with E-state index in [0.29, 0.717) is 25.4 Å². The Morgan fingerprint density at radius 1 is 0.848 bits per heavy atom. The molecule has 3 N–H and O–H groups in total. The normalized spacial score (nSPS) is 11.4. The Bertz CT molecular complexity index is 1230. The first-order valence-corrected chi connectivity index (χ1v) is 10.7. The second-order valence-electron chi connectivity index (χ2n) is 7.45. The minimum Gasteiger partial charge on any atom is -0.454 e. The van der Waals surface area contributed by atoms with Crippen molar-refractivity contribution in [1.29, 1.82) is 0 Å². The van der Waals surface area contributed by atoms with Crippen molar-refractivity contribution in [2.75, 3.05) is 18.7 Å². The Hall–Kier alpha value is -4.26. The number of nitrogens with one attached hydrogen (secondary N) is 3. The van der Waals surface area contributed by atoms with Crippen LogP contribution in [0.1, 0.15) is 11.3 Å². The number of rotatable bonds is 4. The number of aromatic amines is 1. The molecule has 0 atom stereocenters. The van der Waals surface area contributed by atoms with E-state index in [2.05, 4.69) is 21.7 Å². The second-order valence-corrected chi connectivity index (χ2v) is 7.45. The van der Waals surface area contributed by atoms with E-state index in [1.165, 1.54) is 0 Å². The van der Waals surface area contributed by atoms with Crippen LogP contribution in [-0.4, -0.2) is 30.1 Å². The molecule has 7 nitrogen and oxygen atoms in total. The average molecular weight is 444 g/mol. The summed E-state index contributed by atoms with van der Waals surface area (Å²) in [7, 11) is 0. The van der Waals surface area contributed by atoms with Crippen molar-refractivity contribution in [3.8, 4) is 11.5 Å². The van der Waals surface area contributed by atoms with Gasteiger partial charge in [0.15, 0.2) is 11.5 Å². The maximum absolute atomic E-state index is 11.9. The predicted molar refractivity (Wildman–Crippen MR) is 127 cm³/mol. The lowest BCUT2D eigenvalue weighted by Crippen LogP contribution is -2.36.